The van der Waals surface area contributed by atoms with Gasteiger partial charge in [-0.3, -0.25) is 9.55 Å². The molecule has 0 aliphatic rings. The van der Waals surface area contributed by atoms with E-state index in [2.05, 4.69) is 169 Å². The summed E-state index contributed by atoms with van der Waals surface area (Å²) in [6, 6.07) is 78.9. The van der Waals surface area contributed by atoms with Gasteiger partial charge in [-0.25, -0.2) is 4.98 Å². The molecule has 1 atom stereocenters. The molecule has 0 fully saturated rings. The van der Waals surface area contributed by atoms with Gasteiger partial charge in [0, 0.05) is 49.8 Å². The minimum atomic E-state index is 0. The van der Waals surface area contributed by atoms with Gasteiger partial charge in [0.25, 0.3) is 0 Å². The van der Waals surface area contributed by atoms with E-state index in [1.807, 2.05) is 66.9 Å². The molecule has 12 rings (SSSR count). The first-order chi connectivity index (χ1) is 33.1. The van der Waals surface area contributed by atoms with Crippen molar-refractivity contribution in [2.45, 2.75) is 12.8 Å². The summed E-state index contributed by atoms with van der Waals surface area (Å²) >= 11 is 0. The fourth-order valence-corrected chi connectivity index (χ4v) is 9.55. The second-order valence-corrected chi connectivity index (χ2v) is 17.0. The number of pyridine rings is 1. The van der Waals surface area contributed by atoms with Crippen LogP contribution in [0.3, 0.4) is 0 Å². The molecule has 5 nitrogen and oxygen atoms in total. The van der Waals surface area contributed by atoms with E-state index in [-0.39, 0.29) is 32.7 Å². The van der Waals surface area contributed by atoms with Crippen molar-refractivity contribution in [2.24, 2.45) is 0 Å². The number of furan rings is 1. The summed E-state index contributed by atoms with van der Waals surface area (Å²) in [5.74, 6) is 1.03. The van der Waals surface area contributed by atoms with Gasteiger partial charge in [-0.1, -0.05) is 187 Å². The normalized spacial score (nSPS) is 11.8. The molecule has 0 aliphatic heterocycles. The second-order valence-electron chi connectivity index (χ2n) is 17.0. The van der Waals surface area contributed by atoms with Crippen LogP contribution in [0, 0.1) is 6.07 Å². The zero-order valence-electron chi connectivity index (χ0n) is 37.0. The fourth-order valence-electron chi connectivity index (χ4n) is 9.55. The van der Waals surface area contributed by atoms with Crippen LogP contribution in [0.5, 0.6) is 5.75 Å². The van der Waals surface area contributed by atoms with Crippen LogP contribution in [0.25, 0.3) is 106 Å². The van der Waals surface area contributed by atoms with E-state index >= 15 is 0 Å². The predicted molar refractivity (Wildman–Crippen MR) is 273 cm³/mol. The Bertz CT molecular complexity index is 3770. The molecule has 0 radical (unpaired) electrons. The average Bonchev–Trinajstić information content (AvgIpc) is 3.99. The van der Waals surface area contributed by atoms with E-state index in [1.54, 1.807) is 6.07 Å². The molecule has 0 saturated heterocycles. The van der Waals surface area contributed by atoms with Crippen molar-refractivity contribution in [3.8, 4) is 78.6 Å². The largest absolute Gasteiger partial charge is 0.507 e. The maximum Gasteiger partial charge on any atom is 0.148 e. The molecule has 0 aliphatic carbocycles. The molecule has 0 amide bonds. The maximum absolute atomic E-state index is 11.5. The Morgan fingerprint density at radius 1 is 0.529 bits per heavy atom. The Balaban J connectivity index is 0.00000507. The van der Waals surface area contributed by atoms with E-state index in [9.17, 15) is 5.11 Å². The number of hydrogen-bond donors (Lipinski definition) is 1. The van der Waals surface area contributed by atoms with Crippen LogP contribution < -0.4 is 0 Å². The number of imidazole rings is 1. The van der Waals surface area contributed by atoms with Crippen molar-refractivity contribution < 1.29 is 30.6 Å². The topological polar surface area (TPSA) is 64.1 Å². The number of aromatic nitrogens is 3. The molecule has 0 spiro atoms. The van der Waals surface area contributed by atoms with Gasteiger partial charge in [-0.05, 0) is 75.8 Å². The van der Waals surface area contributed by atoms with Gasteiger partial charge in [0.1, 0.15) is 22.7 Å². The Morgan fingerprint density at radius 2 is 1.18 bits per heavy atom. The monoisotopic (exact) mass is 1060 g/mol. The summed E-state index contributed by atoms with van der Waals surface area (Å²) in [7, 11) is 0. The summed E-state index contributed by atoms with van der Waals surface area (Å²) < 4.78 is 8.91. The zero-order valence-corrected chi connectivity index (χ0v) is 39.2. The van der Waals surface area contributed by atoms with E-state index in [1.165, 1.54) is 11.1 Å². The number of aromatic hydroxyl groups is 1. The number of phenolic OH excluding ortho intramolecular Hbond substituents is 1. The number of phenols is 1. The molecule has 1 unspecified atom stereocenters. The van der Waals surface area contributed by atoms with Gasteiger partial charge in [-0.2, -0.15) is 0 Å². The first-order valence-electron chi connectivity index (χ1n) is 22.6. The van der Waals surface area contributed by atoms with Crippen LogP contribution in [0.2, 0.25) is 0 Å². The van der Waals surface area contributed by atoms with Gasteiger partial charge in [0.05, 0.1) is 27.7 Å². The van der Waals surface area contributed by atoms with Crippen LogP contribution in [0.1, 0.15) is 24.0 Å². The third kappa shape index (κ3) is 7.61. The standard InChI is InChI=1S/C62H42N3O2.Pt/c1-40(41-16-5-2-6-17-41)42-28-30-44(31-29-42)46-34-35-63-54(39-46)49-37-47(43-18-7-3-8-19-43)36-48(38-49)50-24-15-25-56-60(50)64-62(52-22-11-13-26-57(52)66)65(56)55-33-32-51(45-20-9-4-10-21-45)61-59(55)53-23-12-14-27-58(53)67-61;/h2-37,39-40,66H,1H3;/q-1;. The molecule has 0 bridgehead atoms. The predicted octanol–water partition coefficient (Wildman–Crippen LogP) is 16.0. The van der Waals surface area contributed by atoms with Gasteiger partial charge in [-0.15, -0.1) is 23.8 Å². The molecular formula is C62H42N3O2Pt-. The first kappa shape index (κ1) is 42.5. The van der Waals surface area contributed by atoms with Crippen molar-refractivity contribution >= 4 is 33.0 Å². The molecule has 0 saturated carbocycles. The van der Waals surface area contributed by atoms with Crippen LogP contribution in [-0.2, 0) is 21.1 Å². The number of para-hydroxylation sites is 3. The SMILES string of the molecule is CC(c1ccccc1)c1ccc(-c2ccnc(-c3[c-]c(-c4cccc5c4nc(-c4ccccc4O)n5-c4ccc(-c5ccccc5)c5oc6ccccc6c45)cc(-c4ccccc4)c3)c2)cc1.[Pt]. The molecule has 3 heterocycles. The average molecular weight is 1060 g/mol. The fraction of sp³-hybridized carbons (Fsp3) is 0.0323. The van der Waals surface area contributed by atoms with Gasteiger partial charge in [0.2, 0.25) is 0 Å². The smallest absolute Gasteiger partial charge is 0.148 e. The van der Waals surface area contributed by atoms with E-state index in [0.717, 1.165) is 94.4 Å². The summed E-state index contributed by atoms with van der Waals surface area (Å²) in [5.41, 5.74) is 17.1. The summed E-state index contributed by atoms with van der Waals surface area (Å²) in [4.78, 5) is 10.4. The summed E-state index contributed by atoms with van der Waals surface area (Å²) in [6.45, 7) is 2.25. The van der Waals surface area contributed by atoms with Crippen LogP contribution in [0.4, 0.5) is 0 Å². The van der Waals surface area contributed by atoms with Gasteiger partial charge >= 0.3 is 0 Å². The molecule has 68 heavy (non-hydrogen) atoms. The van der Waals surface area contributed by atoms with Crippen molar-refractivity contribution in [1.82, 2.24) is 14.5 Å². The van der Waals surface area contributed by atoms with Crippen LogP contribution >= 0.6 is 0 Å². The van der Waals surface area contributed by atoms with Crippen molar-refractivity contribution in [1.29, 1.82) is 0 Å². The summed E-state index contributed by atoms with van der Waals surface area (Å²) in [6.07, 6.45) is 1.89. The first-order valence-corrected chi connectivity index (χ1v) is 22.6. The molecule has 328 valence electrons. The molecule has 12 aromatic rings. The van der Waals surface area contributed by atoms with Gasteiger partial charge < -0.3 is 9.52 Å². The number of fused-ring (bicyclic) bond motifs is 4. The molecule has 1 N–H and O–H groups in total. The molecule has 6 heteroatoms. The minimum absolute atomic E-state index is 0. The quantitative estimate of drug-likeness (QED) is 0.146. The van der Waals surface area contributed by atoms with E-state index in [4.69, 9.17) is 14.4 Å². The van der Waals surface area contributed by atoms with Gasteiger partial charge in [0.15, 0.2) is 0 Å². The third-order valence-corrected chi connectivity index (χ3v) is 13.0. The maximum atomic E-state index is 11.5. The minimum Gasteiger partial charge on any atom is -0.507 e. The Labute approximate surface area is 408 Å². The molecule has 9 aromatic carbocycles. The second kappa shape index (κ2) is 17.9. The Kier molecular flexibility index (Phi) is 11.2. The van der Waals surface area contributed by atoms with Crippen molar-refractivity contribution in [3.63, 3.8) is 0 Å². The van der Waals surface area contributed by atoms with Crippen LogP contribution in [-0.4, -0.2) is 19.6 Å². The third-order valence-electron chi connectivity index (χ3n) is 13.0. The number of nitrogens with zero attached hydrogens (tertiary/aromatic N) is 3. The van der Waals surface area contributed by atoms with Crippen molar-refractivity contribution in [2.75, 3.05) is 0 Å². The number of benzene rings is 9. The number of hydrogen-bond acceptors (Lipinski definition) is 4. The molecule has 3 aromatic heterocycles. The summed E-state index contributed by atoms with van der Waals surface area (Å²) in [5, 5.41) is 13.5. The molecular weight excluding hydrogens is 1010 g/mol. The van der Waals surface area contributed by atoms with Crippen molar-refractivity contribution in [3.05, 3.63) is 242 Å². The zero-order chi connectivity index (χ0) is 44.8. The van der Waals surface area contributed by atoms with E-state index < -0.39 is 0 Å². The number of rotatable bonds is 9. The Morgan fingerprint density at radius 3 is 1.96 bits per heavy atom. The van der Waals surface area contributed by atoms with Crippen LogP contribution in [0.15, 0.2) is 229 Å². The van der Waals surface area contributed by atoms with E-state index in [0.29, 0.717) is 11.4 Å². The Hall–Kier alpha value is -8.11.